The first-order chi connectivity index (χ1) is 20.1. The van der Waals surface area contributed by atoms with Crippen molar-refractivity contribution in [2.45, 2.75) is 70.7 Å². The van der Waals surface area contributed by atoms with Gasteiger partial charge in [-0.25, -0.2) is 4.39 Å². The topological polar surface area (TPSA) is 109 Å². The Kier molecular flexibility index (Phi) is 8.94. The van der Waals surface area contributed by atoms with Crippen LogP contribution in [-0.2, 0) is 24.4 Å². The second kappa shape index (κ2) is 12.6. The molecule has 2 saturated heterocycles. The molecule has 0 unspecified atom stereocenters. The summed E-state index contributed by atoms with van der Waals surface area (Å²) in [6.45, 7) is 11.9. The maximum atomic E-state index is 13.8. The van der Waals surface area contributed by atoms with Gasteiger partial charge in [0, 0.05) is 50.9 Å². The third-order valence-electron chi connectivity index (χ3n) is 8.63. The lowest BCUT2D eigenvalue weighted by molar-refractivity contribution is -0.131. The molecule has 42 heavy (non-hydrogen) atoms. The molecule has 0 radical (unpaired) electrons. The van der Waals surface area contributed by atoms with E-state index in [1.54, 1.807) is 6.07 Å². The number of phenolic OH excluding ortho intramolecular Hbond substituents is 1. The van der Waals surface area contributed by atoms with Crippen LogP contribution in [-0.4, -0.2) is 87.6 Å². The normalized spacial score (nSPS) is 21.0. The van der Waals surface area contributed by atoms with E-state index in [9.17, 15) is 19.6 Å². The molecule has 2 aromatic rings. The van der Waals surface area contributed by atoms with E-state index in [0.29, 0.717) is 57.3 Å². The fraction of sp³-hybridized carbons (Fsp3) is 0.548. The number of likely N-dealkylation sites (N-methyl/N-ethyl adjacent to an activating group) is 1. The molecule has 3 aliphatic rings. The average Bonchev–Trinajstić information content (AvgIpc) is 3.55. The number of amides is 1. The minimum atomic E-state index is -1.02. The average molecular weight is 578 g/mol. The monoisotopic (exact) mass is 577 g/mol. The van der Waals surface area contributed by atoms with Crippen molar-refractivity contribution in [3.05, 3.63) is 53.0 Å². The molecule has 1 amide bonds. The van der Waals surface area contributed by atoms with Crippen molar-refractivity contribution in [1.29, 1.82) is 5.26 Å². The Morgan fingerprint density at radius 1 is 1.24 bits per heavy atom. The van der Waals surface area contributed by atoms with Crippen molar-refractivity contribution < 1.29 is 19.0 Å². The summed E-state index contributed by atoms with van der Waals surface area (Å²) in [5, 5.41) is 19.7. The summed E-state index contributed by atoms with van der Waals surface area (Å²) in [6.07, 6.45) is 2.27. The minimum Gasteiger partial charge on any atom is -0.508 e. The summed E-state index contributed by atoms with van der Waals surface area (Å²) in [6, 6.07) is 7.82. The molecule has 10 nitrogen and oxygen atoms in total. The number of nitriles is 1. The van der Waals surface area contributed by atoms with Gasteiger partial charge < -0.3 is 24.5 Å². The second-order valence-corrected chi connectivity index (χ2v) is 11.9. The summed E-state index contributed by atoms with van der Waals surface area (Å²) in [4.78, 5) is 30.2. The molecule has 1 N–H and O–H groups in total. The van der Waals surface area contributed by atoms with E-state index in [0.717, 1.165) is 42.0 Å². The van der Waals surface area contributed by atoms with Gasteiger partial charge in [-0.1, -0.05) is 26.5 Å². The molecule has 5 rings (SSSR count). The molecule has 0 aliphatic carbocycles. The lowest BCUT2D eigenvalue weighted by atomic mass is 9.96. The van der Waals surface area contributed by atoms with Gasteiger partial charge in [0.05, 0.1) is 24.2 Å². The summed E-state index contributed by atoms with van der Waals surface area (Å²) in [5.74, 6) is -0.514. The number of carbonyl (C=O) groups excluding carboxylic acids is 1. The zero-order valence-electron chi connectivity index (χ0n) is 24.7. The molecule has 2 atom stereocenters. The number of aromatic hydroxyl groups is 1. The van der Waals surface area contributed by atoms with Crippen molar-refractivity contribution >= 4 is 11.7 Å². The van der Waals surface area contributed by atoms with E-state index in [4.69, 9.17) is 14.7 Å². The summed E-state index contributed by atoms with van der Waals surface area (Å²) < 4.78 is 19.9. The van der Waals surface area contributed by atoms with Crippen LogP contribution in [0.4, 0.5) is 10.2 Å². The maximum absolute atomic E-state index is 13.8. The number of rotatable bonds is 9. The number of hydrogen-bond donors (Lipinski definition) is 1. The first kappa shape index (κ1) is 29.7. The number of likely N-dealkylation sites (tertiary alicyclic amines) is 1. The highest BCUT2D eigenvalue weighted by molar-refractivity contribution is 5.91. The summed E-state index contributed by atoms with van der Waals surface area (Å²) in [7, 11) is 2.10. The number of anilines is 1. The van der Waals surface area contributed by atoms with Gasteiger partial charge in [-0.15, -0.1) is 0 Å². The number of carbonyl (C=O) groups is 1. The van der Waals surface area contributed by atoms with Gasteiger partial charge >= 0.3 is 6.01 Å². The van der Waals surface area contributed by atoms with Gasteiger partial charge in [-0.3, -0.25) is 9.69 Å². The third-order valence-corrected chi connectivity index (χ3v) is 8.63. The number of ether oxygens (including phenoxy) is 1. The number of nitrogens with zero attached hydrogens (tertiary/aromatic N) is 7. The Balaban J connectivity index is 1.43. The SMILES string of the molecule is C=C(F)C(=O)N1CCN(c2nc(OC[C@@H]3CCCN3C)nc3c2CN(Cc2cc(O)ccc2C(C)C)C3)C[C@@H]1CC#N. The van der Waals surface area contributed by atoms with Crippen LogP contribution in [0.2, 0.25) is 0 Å². The zero-order valence-corrected chi connectivity index (χ0v) is 24.7. The molecular weight excluding hydrogens is 537 g/mol. The molecule has 0 bridgehead atoms. The Morgan fingerprint density at radius 2 is 2.05 bits per heavy atom. The van der Waals surface area contributed by atoms with E-state index in [1.807, 2.05) is 12.1 Å². The highest BCUT2D eigenvalue weighted by Crippen LogP contribution is 2.35. The van der Waals surface area contributed by atoms with Gasteiger partial charge in [-0.05, 0) is 55.6 Å². The smallest absolute Gasteiger partial charge is 0.318 e. The second-order valence-electron chi connectivity index (χ2n) is 11.9. The van der Waals surface area contributed by atoms with E-state index in [-0.39, 0.29) is 18.7 Å². The molecule has 11 heteroatoms. The number of phenols is 1. The standard InChI is InChI=1S/C31H40FN7O3/c1-20(2)26-8-7-25(40)14-22(26)15-37-17-27-28(18-37)34-31(42-19-24-6-5-11-36(24)4)35-29(27)38-12-13-39(30(41)21(3)32)23(16-38)9-10-33/h7-8,14,20,23-24,40H,3,5-6,9,11-13,15-19H2,1-2,4H3/t23-,24-/m0/s1. The lowest BCUT2D eigenvalue weighted by Gasteiger charge is -2.41. The van der Waals surface area contributed by atoms with E-state index in [1.165, 1.54) is 10.5 Å². The maximum Gasteiger partial charge on any atom is 0.318 e. The van der Waals surface area contributed by atoms with Crippen LogP contribution in [0.1, 0.15) is 61.4 Å². The van der Waals surface area contributed by atoms with E-state index >= 15 is 0 Å². The number of halogens is 1. The number of fused-ring (bicyclic) bond motifs is 1. The zero-order chi connectivity index (χ0) is 30.0. The predicted octanol–water partition coefficient (Wildman–Crippen LogP) is 3.71. The van der Waals surface area contributed by atoms with Gasteiger partial charge in [0.2, 0.25) is 0 Å². The van der Waals surface area contributed by atoms with Gasteiger partial charge in [-0.2, -0.15) is 15.2 Å². The quantitative estimate of drug-likeness (QED) is 0.446. The minimum absolute atomic E-state index is 0.0712. The predicted molar refractivity (Wildman–Crippen MR) is 157 cm³/mol. The number of hydrogen-bond acceptors (Lipinski definition) is 9. The van der Waals surface area contributed by atoms with Crippen LogP contribution >= 0.6 is 0 Å². The molecule has 3 aliphatic heterocycles. The van der Waals surface area contributed by atoms with Crippen LogP contribution in [0.15, 0.2) is 30.6 Å². The Hall–Kier alpha value is -3.75. The van der Waals surface area contributed by atoms with Crippen molar-refractivity contribution in [3.63, 3.8) is 0 Å². The Labute approximate surface area is 247 Å². The lowest BCUT2D eigenvalue weighted by Crippen LogP contribution is -2.55. The molecule has 0 saturated carbocycles. The van der Waals surface area contributed by atoms with Crippen molar-refractivity contribution in [2.24, 2.45) is 0 Å². The Morgan fingerprint density at radius 3 is 2.74 bits per heavy atom. The van der Waals surface area contributed by atoms with Crippen LogP contribution < -0.4 is 9.64 Å². The first-order valence-corrected chi connectivity index (χ1v) is 14.7. The highest BCUT2D eigenvalue weighted by atomic mass is 19.1. The molecule has 2 fully saturated rings. The number of aromatic nitrogens is 2. The van der Waals surface area contributed by atoms with Gasteiger partial charge in [0.1, 0.15) is 18.2 Å². The van der Waals surface area contributed by atoms with Crippen LogP contribution in [0, 0.1) is 11.3 Å². The highest BCUT2D eigenvalue weighted by Gasteiger charge is 2.36. The largest absolute Gasteiger partial charge is 0.508 e. The van der Waals surface area contributed by atoms with Gasteiger partial charge in [0.25, 0.3) is 5.91 Å². The van der Waals surface area contributed by atoms with Crippen LogP contribution in [0.5, 0.6) is 11.8 Å². The molecule has 1 aromatic heterocycles. The van der Waals surface area contributed by atoms with Crippen LogP contribution in [0.25, 0.3) is 0 Å². The fourth-order valence-corrected chi connectivity index (χ4v) is 6.36. The molecule has 224 valence electrons. The number of benzene rings is 1. The van der Waals surface area contributed by atoms with Crippen LogP contribution in [0.3, 0.4) is 0 Å². The van der Waals surface area contributed by atoms with E-state index in [2.05, 4.69) is 48.2 Å². The third kappa shape index (κ3) is 6.35. The van der Waals surface area contributed by atoms with E-state index < -0.39 is 17.8 Å². The van der Waals surface area contributed by atoms with Crippen molar-refractivity contribution in [2.75, 3.05) is 44.7 Å². The molecule has 0 spiro atoms. The first-order valence-electron chi connectivity index (χ1n) is 14.7. The van der Waals surface area contributed by atoms with Crippen molar-refractivity contribution in [1.82, 2.24) is 24.7 Å². The molecule has 4 heterocycles. The summed E-state index contributed by atoms with van der Waals surface area (Å²) >= 11 is 0. The number of piperazine rings is 1. The van der Waals surface area contributed by atoms with Crippen molar-refractivity contribution in [3.8, 4) is 17.8 Å². The molecular formula is C31H40FN7O3. The Bertz CT molecular complexity index is 1380. The fourth-order valence-electron chi connectivity index (χ4n) is 6.36. The molecule has 1 aromatic carbocycles. The van der Waals surface area contributed by atoms with Gasteiger partial charge in [0.15, 0.2) is 5.83 Å². The summed E-state index contributed by atoms with van der Waals surface area (Å²) in [5.41, 5.74) is 4.13.